The van der Waals surface area contributed by atoms with E-state index in [0.717, 1.165) is 0 Å². The standard InChI is InChI=1S/C9H18N2O/c1-5(2)8-6(3)10-11-9(8)7(4)12/h5-6,8-11H,1-4H3. The molecule has 1 aliphatic rings. The summed E-state index contributed by atoms with van der Waals surface area (Å²) in [5.41, 5.74) is 6.15. The minimum absolute atomic E-state index is 0.000000000000000444. The van der Waals surface area contributed by atoms with E-state index in [4.69, 9.17) is 0 Å². The molecule has 3 atom stereocenters. The molecule has 0 amide bonds. The van der Waals surface area contributed by atoms with E-state index in [1.807, 2.05) is 0 Å². The summed E-state index contributed by atoms with van der Waals surface area (Å²) in [5, 5.41) is 0. The van der Waals surface area contributed by atoms with Gasteiger partial charge >= 0.3 is 0 Å². The molecule has 1 heterocycles. The number of carbonyl (C=O) groups is 1. The third-order valence-corrected chi connectivity index (χ3v) is 2.64. The van der Waals surface area contributed by atoms with E-state index in [9.17, 15) is 4.79 Å². The summed E-state index contributed by atoms with van der Waals surface area (Å²) in [4.78, 5) is 11.2. The van der Waals surface area contributed by atoms with Crippen molar-refractivity contribution in [1.82, 2.24) is 10.9 Å². The Labute approximate surface area is 73.9 Å². The van der Waals surface area contributed by atoms with E-state index in [1.54, 1.807) is 6.92 Å². The van der Waals surface area contributed by atoms with Gasteiger partial charge in [-0.1, -0.05) is 13.8 Å². The highest BCUT2D eigenvalue weighted by Gasteiger charge is 2.37. The van der Waals surface area contributed by atoms with Crippen LogP contribution in [0.5, 0.6) is 0 Å². The predicted octanol–water partition coefficient (Wildman–Crippen LogP) is 0.712. The van der Waals surface area contributed by atoms with Gasteiger partial charge in [0.2, 0.25) is 0 Å². The van der Waals surface area contributed by atoms with Crippen LogP contribution in [0, 0.1) is 11.8 Å². The average molecular weight is 170 g/mol. The summed E-state index contributed by atoms with van der Waals surface area (Å²) < 4.78 is 0. The fourth-order valence-corrected chi connectivity index (χ4v) is 2.04. The zero-order valence-corrected chi connectivity index (χ0v) is 8.22. The van der Waals surface area contributed by atoms with Crippen molar-refractivity contribution in [3.63, 3.8) is 0 Å². The fourth-order valence-electron chi connectivity index (χ4n) is 2.04. The van der Waals surface area contributed by atoms with Gasteiger partial charge in [-0.15, -0.1) is 0 Å². The van der Waals surface area contributed by atoms with Crippen LogP contribution in [0.2, 0.25) is 0 Å². The first-order chi connectivity index (χ1) is 5.54. The van der Waals surface area contributed by atoms with Crippen molar-refractivity contribution in [3.05, 3.63) is 0 Å². The van der Waals surface area contributed by atoms with E-state index < -0.39 is 0 Å². The second kappa shape index (κ2) is 3.54. The van der Waals surface area contributed by atoms with E-state index >= 15 is 0 Å². The lowest BCUT2D eigenvalue weighted by molar-refractivity contribution is -0.119. The van der Waals surface area contributed by atoms with Gasteiger partial charge in [-0.3, -0.25) is 10.2 Å². The topological polar surface area (TPSA) is 41.1 Å². The van der Waals surface area contributed by atoms with Crippen molar-refractivity contribution < 1.29 is 4.79 Å². The van der Waals surface area contributed by atoms with Crippen LogP contribution in [0.25, 0.3) is 0 Å². The van der Waals surface area contributed by atoms with Crippen LogP contribution in [0.4, 0.5) is 0 Å². The highest BCUT2D eigenvalue weighted by atomic mass is 16.1. The summed E-state index contributed by atoms with van der Waals surface area (Å²) in [6.45, 7) is 8.07. The van der Waals surface area contributed by atoms with Gasteiger partial charge in [-0.25, -0.2) is 5.43 Å². The molecule has 1 fully saturated rings. The molecular formula is C9H18N2O. The molecule has 0 aromatic carbocycles. The molecule has 0 aromatic heterocycles. The summed E-state index contributed by atoms with van der Waals surface area (Å²) in [7, 11) is 0. The molecule has 0 aromatic rings. The number of ketones is 1. The number of hydrogen-bond acceptors (Lipinski definition) is 3. The molecule has 3 nitrogen and oxygen atoms in total. The van der Waals surface area contributed by atoms with Crippen LogP contribution in [-0.2, 0) is 4.79 Å². The summed E-state index contributed by atoms with van der Waals surface area (Å²) in [5.74, 6) is 1.18. The molecule has 1 aliphatic heterocycles. The zero-order chi connectivity index (χ0) is 9.30. The second-order valence-electron chi connectivity index (χ2n) is 3.99. The Balaban J connectivity index is 2.70. The molecule has 0 spiro atoms. The Morgan fingerprint density at radius 1 is 1.33 bits per heavy atom. The Kier molecular flexibility index (Phi) is 2.85. The van der Waals surface area contributed by atoms with Crippen LogP contribution in [-0.4, -0.2) is 17.9 Å². The Hall–Kier alpha value is -0.410. The van der Waals surface area contributed by atoms with E-state index in [0.29, 0.717) is 17.9 Å². The Morgan fingerprint density at radius 3 is 2.25 bits per heavy atom. The number of hydrogen-bond donors (Lipinski definition) is 2. The lowest BCUT2D eigenvalue weighted by atomic mass is 9.83. The SMILES string of the molecule is CC(=O)C1NNC(C)C1C(C)C. The molecule has 0 saturated carbocycles. The van der Waals surface area contributed by atoms with Gasteiger partial charge in [0.15, 0.2) is 0 Å². The molecule has 3 unspecified atom stereocenters. The maximum Gasteiger partial charge on any atom is 0.148 e. The summed E-state index contributed by atoms with van der Waals surface area (Å²) in [6, 6.07) is 0.388. The number of carbonyl (C=O) groups excluding carboxylic acids is 1. The van der Waals surface area contributed by atoms with Gasteiger partial charge in [-0.05, 0) is 19.8 Å². The van der Waals surface area contributed by atoms with Crippen LogP contribution in [0.15, 0.2) is 0 Å². The second-order valence-corrected chi connectivity index (χ2v) is 3.99. The predicted molar refractivity (Wildman–Crippen MR) is 48.5 cm³/mol. The van der Waals surface area contributed by atoms with E-state index in [2.05, 4.69) is 31.6 Å². The van der Waals surface area contributed by atoms with Gasteiger partial charge in [0, 0.05) is 12.0 Å². The number of nitrogens with one attached hydrogen (secondary N) is 2. The first kappa shape index (κ1) is 9.68. The van der Waals surface area contributed by atoms with Gasteiger partial charge < -0.3 is 0 Å². The van der Waals surface area contributed by atoms with Crippen LogP contribution < -0.4 is 10.9 Å². The smallest absolute Gasteiger partial charge is 0.148 e. The first-order valence-electron chi connectivity index (χ1n) is 4.55. The lowest BCUT2D eigenvalue weighted by Crippen LogP contribution is -2.38. The number of rotatable bonds is 2. The molecule has 0 aliphatic carbocycles. The fraction of sp³-hybridized carbons (Fsp3) is 0.889. The highest BCUT2D eigenvalue weighted by Crippen LogP contribution is 2.23. The number of hydrazine groups is 1. The maximum absolute atomic E-state index is 11.2. The molecule has 0 bridgehead atoms. The van der Waals surface area contributed by atoms with E-state index in [1.165, 1.54) is 0 Å². The molecule has 1 rings (SSSR count). The Bertz CT molecular complexity index is 179. The normalized spacial score (nSPS) is 35.9. The van der Waals surface area contributed by atoms with Crippen molar-refractivity contribution in [1.29, 1.82) is 0 Å². The molecule has 12 heavy (non-hydrogen) atoms. The van der Waals surface area contributed by atoms with Gasteiger partial charge in [0.25, 0.3) is 0 Å². The third kappa shape index (κ3) is 1.67. The first-order valence-corrected chi connectivity index (χ1v) is 4.55. The van der Waals surface area contributed by atoms with E-state index in [-0.39, 0.29) is 11.8 Å². The molecule has 1 saturated heterocycles. The van der Waals surface area contributed by atoms with Crippen molar-refractivity contribution in [2.45, 2.75) is 39.8 Å². The minimum Gasteiger partial charge on any atom is -0.298 e. The van der Waals surface area contributed by atoms with Crippen molar-refractivity contribution >= 4 is 5.78 Å². The summed E-state index contributed by atoms with van der Waals surface area (Å²) in [6.07, 6.45) is 0. The molecule has 0 radical (unpaired) electrons. The monoisotopic (exact) mass is 170 g/mol. The largest absolute Gasteiger partial charge is 0.298 e. The van der Waals surface area contributed by atoms with Crippen LogP contribution in [0.1, 0.15) is 27.7 Å². The van der Waals surface area contributed by atoms with Crippen LogP contribution >= 0.6 is 0 Å². The van der Waals surface area contributed by atoms with Gasteiger partial charge in [0.05, 0.1) is 6.04 Å². The van der Waals surface area contributed by atoms with Crippen molar-refractivity contribution in [2.24, 2.45) is 11.8 Å². The zero-order valence-electron chi connectivity index (χ0n) is 8.22. The molecular weight excluding hydrogens is 152 g/mol. The average Bonchev–Trinajstić information content (AvgIpc) is 2.30. The highest BCUT2D eigenvalue weighted by molar-refractivity contribution is 5.82. The summed E-state index contributed by atoms with van der Waals surface area (Å²) >= 11 is 0. The van der Waals surface area contributed by atoms with Crippen molar-refractivity contribution in [2.75, 3.05) is 0 Å². The van der Waals surface area contributed by atoms with Gasteiger partial charge in [-0.2, -0.15) is 0 Å². The maximum atomic E-state index is 11.2. The molecule has 3 heteroatoms. The molecule has 70 valence electrons. The molecule has 2 N–H and O–H groups in total. The van der Waals surface area contributed by atoms with Crippen LogP contribution in [0.3, 0.4) is 0 Å². The number of Topliss-reactive ketones (excluding diaryl/α,β-unsaturated/α-hetero) is 1. The third-order valence-electron chi connectivity index (χ3n) is 2.64. The quantitative estimate of drug-likeness (QED) is 0.641. The lowest BCUT2D eigenvalue weighted by Gasteiger charge is -2.22. The van der Waals surface area contributed by atoms with Gasteiger partial charge in [0.1, 0.15) is 5.78 Å². The Morgan fingerprint density at radius 2 is 1.92 bits per heavy atom. The van der Waals surface area contributed by atoms with Crippen molar-refractivity contribution in [3.8, 4) is 0 Å². The minimum atomic E-state index is -0.000000000000000444.